The summed E-state index contributed by atoms with van der Waals surface area (Å²) in [5, 5.41) is 2.82. The van der Waals surface area contributed by atoms with E-state index in [1.54, 1.807) is 37.1 Å². The van der Waals surface area contributed by atoms with Crippen molar-refractivity contribution in [1.29, 1.82) is 0 Å². The second kappa shape index (κ2) is 10.0. The van der Waals surface area contributed by atoms with Crippen LogP contribution in [0.1, 0.15) is 19.5 Å². The topological polar surface area (TPSA) is 85.2 Å². The first-order valence-corrected chi connectivity index (χ1v) is 11.2. The Morgan fingerprint density at radius 1 is 1.18 bits per heavy atom. The van der Waals surface area contributed by atoms with Gasteiger partial charge in [-0.2, -0.15) is 0 Å². The molecule has 0 aliphatic carbocycles. The first-order valence-electron chi connectivity index (χ1n) is 11.2. The first kappa shape index (κ1) is 22.8. The number of carbonyl (C=O) groups excluding carboxylic acids is 2. The van der Waals surface area contributed by atoms with E-state index in [4.69, 9.17) is 9.47 Å². The average Bonchev–Trinajstić information content (AvgIpc) is 3.18. The Hall–Kier alpha value is -3.39. The van der Waals surface area contributed by atoms with Gasteiger partial charge in [-0.15, -0.1) is 0 Å². The van der Waals surface area contributed by atoms with Crippen LogP contribution in [0.2, 0.25) is 0 Å². The summed E-state index contributed by atoms with van der Waals surface area (Å²) in [5.41, 5.74) is 0.980. The number of nitrogens with one attached hydrogen (secondary N) is 1. The third kappa shape index (κ3) is 5.70. The predicted octanol–water partition coefficient (Wildman–Crippen LogP) is 2.33. The van der Waals surface area contributed by atoms with Crippen molar-refractivity contribution >= 4 is 17.3 Å². The van der Waals surface area contributed by atoms with E-state index in [9.17, 15) is 9.59 Å². The number of fused-ring (bicyclic) bond motifs is 1. The molecule has 2 aromatic heterocycles. The lowest BCUT2D eigenvalue weighted by Gasteiger charge is -2.33. The van der Waals surface area contributed by atoms with Gasteiger partial charge in [0, 0.05) is 37.6 Å². The molecule has 0 bridgehead atoms. The molecule has 1 fully saturated rings. The van der Waals surface area contributed by atoms with Crippen LogP contribution in [0.15, 0.2) is 61.1 Å². The minimum absolute atomic E-state index is 0.109. The molecule has 33 heavy (non-hydrogen) atoms. The highest BCUT2D eigenvalue weighted by atomic mass is 16.5. The van der Waals surface area contributed by atoms with Gasteiger partial charge in [-0.1, -0.05) is 18.2 Å². The molecule has 1 saturated heterocycles. The second-order valence-electron chi connectivity index (χ2n) is 8.85. The fourth-order valence-electron chi connectivity index (χ4n) is 4.15. The number of hydrogen-bond acceptors (Lipinski definition) is 5. The number of ether oxygens (including phenoxy) is 2. The lowest BCUT2D eigenvalue weighted by Crippen LogP contribution is -2.57. The molecule has 0 radical (unpaired) electrons. The molecule has 1 aromatic carbocycles. The summed E-state index contributed by atoms with van der Waals surface area (Å²) in [6.07, 6.45) is 6.41. The highest BCUT2D eigenvalue weighted by molar-refractivity contribution is 5.91. The van der Waals surface area contributed by atoms with Crippen LogP contribution in [0.25, 0.3) is 5.52 Å². The number of carbonyl (C=O) groups is 2. The van der Waals surface area contributed by atoms with Crippen LogP contribution in [-0.4, -0.2) is 64.5 Å². The van der Waals surface area contributed by atoms with Crippen molar-refractivity contribution in [1.82, 2.24) is 19.6 Å². The Bertz CT molecular complexity index is 1100. The summed E-state index contributed by atoms with van der Waals surface area (Å²) < 4.78 is 13.3. The van der Waals surface area contributed by atoms with Gasteiger partial charge >= 0.3 is 0 Å². The molecule has 8 nitrogen and oxygen atoms in total. The molecule has 1 aliphatic heterocycles. The van der Waals surface area contributed by atoms with Crippen LogP contribution < -0.4 is 10.1 Å². The summed E-state index contributed by atoms with van der Waals surface area (Å²) in [5.74, 6) is 0.234. The maximum Gasteiger partial charge on any atom is 0.258 e. The molecule has 4 rings (SSSR count). The Labute approximate surface area is 193 Å². The number of amides is 2. The van der Waals surface area contributed by atoms with E-state index in [0.717, 1.165) is 11.2 Å². The minimum atomic E-state index is -1.06. The van der Waals surface area contributed by atoms with Crippen molar-refractivity contribution in [2.45, 2.75) is 25.8 Å². The SMILES string of the molecule is CC(C)(NC(=O)COc1ccccc1)C(=O)N1CCOC[C@@H](Cc2nccn3cccc23)C1. The van der Waals surface area contributed by atoms with E-state index in [0.29, 0.717) is 38.5 Å². The molecular weight excluding hydrogens is 420 g/mol. The van der Waals surface area contributed by atoms with E-state index in [2.05, 4.69) is 10.3 Å². The van der Waals surface area contributed by atoms with Crippen LogP contribution in [0.3, 0.4) is 0 Å². The number of rotatable bonds is 7. The largest absolute Gasteiger partial charge is 0.484 e. The molecule has 2 amide bonds. The molecule has 0 unspecified atom stereocenters. The van der Waals surface area contributed by atoms with E-state index >= 15 is 0 Å². The van der Waals surface area contributed by atoms with Crippen molar-refractivity contribution in [3.8, 4) is 5.75 Å². The van der Waals surface area contributed by atoms with Crippen molar-refractivity contribution in [2.24, 2.45) is 5.92 Å². The minimum Gasteiger partial charge on any atom is -0.484 e. The van der Waals surface area contributed by atoms with Gasteiger partial charge in [-0.25, -0.2) is 0 Å². The Balaban J connectivity index is 1.37. The van der Waals surface area contributed by atoms with Crippen molar-refractivity contribution < 1.29 is 19.1 Å². The maximum absolute atomic E-state index is 13.3. The number of nitrogens with zero attached hydrogens (tertiary/aromatic N) is 3. The zero-order valence-electron chi connectivity index (χ0n) is 19.1. The third-order valence-electron chi connectivity index (χ3n) is 5.74. The van der Waals surface area contributed by atoms with Gasteiger partial charge in [0.15, 0.2) is 6.61 Å². The highest BCUT2D eigenvalue weighted by Crippen LogP contribution is 2.19. The summed E-state index contributed by atoms with van der Waals surface area (Å²) in [4.78, 5) is 32.1. The number of benzene rings is 1. The molecule has 1 atom stereocenters. The Morgan fingerprint density at radius 3 is 2.82 bits per heavy atom. The summed E-state index contributed by atoms with van der Waals surface area (Å²) in [6, 6.07) is 13.2. The van der Waals surface area contributed by atoms with Gasteiger partial charge in [0.05, 0.1) is 24.4 Å². The average molecular weight is 451 g/mol. The second-order valence-corrected chi connectivity index (χ2v) is 8.85. The number of para-hydroxylation sites is 1. The summed E-state index contributed by atoms with van der Waals surface area (Å²) in [6.45, 7) is 5.34. The van der Waals surface area contributed by atoms with Crippen LogP contribution in [0, 0.1) is 5.92 Å². The summed E-state index contributed by atoms with van der Waals surface area (Å²) in [7, 11) is 0. The monoisotopic (exact) mass is 450 g/mol. The Kier molecular flexibility index (Phi) is 6.93. The molecular formula is C25H30N4O4. The quantitative estimate of drug-likeness (QED) is 0.597. The normalized spacial score (nSPS) is 16.9. The van der Waals surface area contributed by atoms with Crippen LogP contribution in [0.5, 0.6) is 5.75 Å². The van der Waals surface area contributed by atoms with Crippen molar-refractivity contribution in [2.75, 3.05) is 32.9 Å². The van der Waals surface area contributed by atoms with E-state index in [-0.39, 0.29) is 24.3 Å². The fourth-order valence-corrected chi connectivity index (χ4v) is 4.15. The zero-order chi connectivity index (χ0) is 23.3. The molecule has 1 N–H and O–H groups in total. The molecule has 8 heteroatoms. The van der Waals surface area contributed by atoms with Gasteiger partial charge in [-0.05, 0) is 44.5 Å². The molecule has 3 aromatic rings. The smallest absolute Gasteiger partial charge is 0.258 e. The van der Waals surface area contributed by atoms with Crippen molar-refractivity contribution in [3.05, 3.63) is 66.7 Å². The van der Waals surface area contributed by atoms with Gasteiger partial charge in [-0.3, -0.25) is 14.6 Å². The maximum atomic E-state index is 13.3. The molecule has 3 heterocycles. The van der Waals surface area contributed by atoms with Gasteiger partial charge < -0.3 is 24.1 Å². The number of hydrogen-bond donors (Lipinski definition) is 1. The van der Waals surface area contributed by atoms with E-state index in [1.807, 2.05) is 47.1 Å². The van der Waals surface area contributed by atoms with E-state index < -0.39 is 5.54 Å². The standard InChI is InChI=1S/C25H30N4O4/c1-25(2,27-23(30)18-33-20-7-4-3-5-8-20)24(31)29-13-14-32-17-19(16-29)15-21-22-9-6-11-28(22)12-10-26-21/h3-12,19H,13-18H2,1-2H3,(H,27,30)/t19-/m0/s1. The number of aromatic nitrogens is 2. The van der Waals surface area contributed by atoms with E-state index in [1.165, 1.54) is 0 Å². The lowest BCUT2D eigenvalue weighted by molar-refractivity contribution is -0.141. The van der Waals surface area contributed by atoms with Crippen molar-refractivity contribution in [3.63, 3.8) is 0 Å². The Morgan fingerprint density at radius 2 is 2.00 bits per heavy atom. The van der Waals surface area contributed by atoms with Crippen LogP contribution in [0.4, 0.5) is 0 Å². The molecule has 0 spiro atoms. The van der Waals surface area contributed by atoms with Crippen LogP contribution in [-0.2, 0) is 20.7 Å². The zero-order valence-corrected chi connectivity index (χ0v) is 19.1. The van der Waals surface area contributed by atoms with Gasteiger partial charge in [0.2, 0.25) is 5.91 Å². The third-order valence-corrected chi connectivity index (χ3v) is 5.74. The predicted molar refractivity (Wildman–Crippen MR) is 124 cm³/mol. The molecule has 174 valence electrons. The van der Waals surface area contributed by atoms with Gasteiger partial charge in [0.25, 0.3) is 5.91 Å². The fraction of sp³-hybridized carbons (Fsp3) is 0.400. The highest BCUT2D eigenvalue weighted by Gasteiger charge is 2.35. The molecule has 1 aliphatic rings. The lowest BCUT2D eigenvalue weighted by atomic mass is 9.99. The summed E-state index contributed by atoms with van der Waals surface area (Å²) >= 11 is 0. The van der Waals surface area contributed by atoms with Gasteiger partial charge in [0.1, 0.15) is 11.3 Å². The van der Waals surface area contributed by atoms with Crippen LogP contribution >= 0.6 is 0 Å². The molecule has 0 saturated carbocycles. The first-order chi connectivity index (χ1) is 15.9.